The summed E-state index contributed by atoms with van der Waals surface area (Å²) in [5.41, 5.74) is 1.90. The first-order valence-electron chi connectivity index (χ1n) is 7.89. The molecular weight excluding hydrogens is 262 g/mol. The highest BCUT2D eigenvalue weighted by Gasteiger charge is 2.29. The van der Waals surface area contributed by atoms with Crippen LogP contribution in [0.15, 0.2) is 30.3 Å². The van der Waals surface area contributed by atoms with Crippen LogP contribution < -0.4 is 0 Å². The van der Waals surface area contributed by atoms with Crippen LogP contribution in [0.3, 0.4) is 0 Å². The summed E-state index contributed by atoms with van der Waals surface area (Å²) in [7, 11) is 0. The van der Waals surface area contributed by atoms with Crippen molar-refractivity contribution >= 4 is 12.6 Å². The summed E-state index contributed by atoms with van der Waals surface area (Å²) in [4.78, 5) is 2.64. The van der Waals surface area contributed by atoms with Crippen LogP contribution in [-0.4, -0.2) is 30.3 Å². The van der Waals surface area contributed by atoms with Crippen LogP contribution in [0.5, 0.6) is 0 Å². The number of rotatable bonds is 4. The second-order valence-electron chi connectivity index (χ2n) is 7.23. The molecule has 0 N–H and O–H groups in total. The van der Waals surface area contributed by atoms with Gasteiger partial charge in [0, 0.05) is 12.5 Å². The molecule has 1 atom stereocenters. The minimum Gasteiger partial charge on any atom is -0.303 e. The van der Waals surface area contributed by atoms with Crippen LogP contribution in [0.2, 0.25) is 0 Å². The number of hydrogen-bond donors (Lipinski definition) is 1. The van der Waals surface area contributed by atoms with Crippen molar-refractivity contribution in [2.45, 2.75) is 39.5 Å². The SMILES string of the molecule is CC(C)(C)C1CCN(CC(CS)c2ccccc2)CC1. The minimum absolute atomic E-state index is 0.467. The zero-order chi connectivity index (χ0) is 14.6. The van der Waals surface area contributed by atoms with E-state index in [4.69, 9.17) is 0 Å². The van der Waals surface area contributed by atoms with Crippen molar-refractivity contribution in [3.63, 3.8) is 0 Å². The van der Waals surface area contributed by atoms with Gasteiger partial charge in [-0.1, -0.05) is 51.1 Å². The molecule has 0 aliphatic carbocycles. The number of benzene rings is 1. The predicted molar refractivity (Wildman–Crippen MR) is 91.7 cm³/mol. The molecule has 0 saturated carbocycles. The Morgan fingerprint density at radius 3 is 2.25 bits per heavy atom. The highest BCUT2D eigenvalue weighted by Crippen LogP contribution is 2.34. The number of hydrogen-bond acceptors (Lipinski definition) is 2. The zero-order valence-electron chi connectivity index (χ0n) is 13.2. The maximum atomic E-state index is 4.56. The lowest BCUT2D eigenvalue weighted by molar-refractivity contribution is 0.109. The largest absolute Gasteiger partial charge is 0.303 e. The number of thiol groups is 1. The van der Waals surface area contributed by atoms with Crippen LogP contribution in [0.1, 0.15) is 45.1 Å². The monoisotopic (exact) mass is 291 g/mol. The van der Waals surface area contributed by atoms with E-state index in [-0.39, 0.29) is 0 Å². The van der Waals surface area contributed by atoms with Crippen LogP contribution in [0.4, 0.5) is 0 Å². The molecule has 1 nitrogen and oxygen atoms in total. The van der Waals surface area contributed by atoms with E-state index in [1.807, 2.05) is 0 Å². The molecule has 1 fully saturated rings. The van der Waals surface area contributed by atoms with Crippen LogP contribution >= 0.6 is 12.6 Å². The molecule has 0 bridgehead atoms. The molecule has 0 radical (unpaired) electrons. The second-order valence-corrected chi connectivity index (χ2v) is 7.60. The Hall–Kier alpha value is -0.470. The Bertz CT molecular complexity index is 388. The van der Waals surface area contributed by atoms with Gasteiger partial charge in [0.25, 0.3) is 0 Å². The standard InChI is InChI=1S/C18H29NS/c1-18(2,3)17-9-11-19(12-10-17)13-16(14-20)15-7-5-4-6-8-15/h4-8,16-17,20H,9-14H2,1-3H3. The van der Waals surface area contributed by atoms with Gasteiger partial charge in [-0.05, 0) is 48.6 Å². The molecule has 2 rings (SSSR count). The summed E-state index contributed by atoms with van der Waals surface area (Å²) in [6.07, 6.45) is 2.69. The van der Waals surface area contributed by atoms with Crippen molar-refractivity contribution in [1.82, 2.24) is 4.90 Å². The Morgan fingerprint density at radius 2 is 1.75 bits per heavy atom. The molecule has 1 aromatic carbocycles. The molecule has 20 heavy (non-hydrogen) atoms. The van der Waals surface area contributed by atoms with Gasteiger partial charge in [-0.25, -0.2) is 0 Å². The summed E-state index contributed by atoms with van der Waals surface area (Å²) in [6.45, 7) is 10.8. The van der Waals surface area contributed by atoms with Gasteiger partial charge in [0.15, 0.2) is 0 Å². The molecule has 0 amide bonds. The van der Waals surface area contributed by atoms with E-state index >= 15 is 0 Å². The molecule has 1 unspecified atom stereocenters. The van der Waals surface area contributed by atoms with E-state index in [9.17, 15) is 0 Å². The lowest BCUT2D eigenvalue weighted by atomic mass is 9.75. The first kappa shape index (κ1) is 15.9. The normalized spacial score (nSPS) is 20.0. The van der Waals surface area contributed by atoms with Crippen molar-refractivity contribution in [2.24, 2.45) is 11.3 Å². The Labute approximate surface area is 130 Å². The number of piperidine rings is 1. The highest BCUT2D eigenvalue weighted by atomic mass is 32.1. The molecule has 0 aromatic heterocycles. The maximum Gasteiger partial charge on any atom is 0.00581 e. The maximum absolute atomic E-state index is 4.56. The Morgan fingerprint density at radius 1 is 1.15 bits per heavy atom. The minimum atomic E-state index is 0.467. The summed E-state index contributed by atoms with van der Waals surface area (Å²) >= 11 is 4.56. The lowest BCUT2D eigenvalue weighted by Gasteiger charge is -2.39. The zero-order valence-corrected chi connectivity index (χ0v) is 14.1. The first-order valence-corrected chi connectivity index (χ1v) is 8.52. The van der Waals surface area contributed by atoms with Crippen molar-refractivity contribution in [2.75, 3.05) is 25.4 Å². The van der Waals surface area contributed by atoms with E-state index in [0.29, 0.717) is 11.3 Å². The molecule has 2 heteroatoms. The van der Waals surface area contributed by atoms with E-state index in [2.05, 4.69) is 68.6 Å². The fourth-order valence-corrected chi connectivity index (χ4v) is 3.61. The molecule has 1 aromatic rings. The van der Waals surface area contributed by atoms with Crippen LogP contribution in [-0.2, 0) is 0 Å². The highest BCUT2D eigenvalue weighted by molar-refractivity contribution is 7.80. The van der Waals surface area contributed by atoms with Gasteiger partial charge < -0.3 is 4.90 Å². The molecular formula is C18H29NS. The van der Waals surface area contributed by atoms with Crippen molar-refractivity contribution in [3.8, 4) is 0 Å². The van der Waals surface area contributed by atoms with Gasteiger partial charge in [-0.3, -0.25) is 0 Å². The third-order valence-electron chi connectivity index (χ3n) is 4.78. The average Bonchev–Trinajstić information content (AvgIpc) is 2.45. The number of likely N-dealkylation sites (tertiary alicyclic amines) is 1. The summed E-state index contributed by atoms with van der Waals surface area (Å²) in [5.74, 6) is 2.37. The fraction of sp³-hybridized carbons (Fsp3) is 0.667. The van der Waals surface area contributed by atoms with Crippen molar-refractivity contribution in [1.29, 1.82) is 0 Å². The molecule has 0 spiro atoms. The van der Waals surface area contributed by atoms with Crippen LogP contribution in [0.25, 0.3) is 0 Å². The summed E-state index contributed by atoms with van der Waals surface area (Å²) < 4.78 is 0. The Balaban J connectivity index is 1.88. The molecule has 1 aliphatic rings. The van der Waals surface area contributed by atoms with Crippen LogP contribution in [0, 0.1) is 11.3 Å². The third-order valence-corrected chi connectivity index (χ3v) is 5.22. The summed E-state index contributed by atoms with van der Waals surface area (Å²) in [5, 5.41) is 0. The topological polar surface area (TPSA) is 3.24 Å². The van der Waals surface area contributed by atoms with E-state index in [0.717, 1.165) is 18.2 Å². The number of nitrogens with zero attached hydrogens (tertiary/aromatic N) is 1. The van der Waals surface area contributed by atoms with E-state index < -0.39 is 0 Å². The summed E-state index contributed by atoms with van der Waals surface area (Å²) in [6, 6.07) is 10.8. The smallest absolute Gasteiger partial charge is 0.00581 e. The van der Waals surface area contributed by atoms with Gasteiger partial charge in [0.1, 0.15) is 0 Å². The molecule has 1 saturated heterocycles. The van der Waals surface area contributed by atoms with Gasteiger partial charge in [0.05, 0.1) is 0 Å². The molecule has 112 valence electrons. The van der Waals surface area contributed by atoms with Gasteiger partial charge >= 0.3 is 0 Å². The quantitative estimate of drug-likeness (QED) is 0.802. The lowest BCUT2D eigenvalue weighted by Crippen LogP contribution is -2.40. The molecule has 1 aliphatic heterocycles. The van der Waals surface area contributed by atoms with Gasteiger partial charge in [0.2, 0.25) is 0 Å². The van der Waals surface area contributed by atoms with Gasteiger partial charge in [-0.2, -0.15) is 12.6 Å². The third kappa shape index (κ3) is 4.26. The Kier molecular flexibility index (Phi) is 5.57. The fourth-order valence-electron chi connectivity index (χ4n) is 3.29. The second kappa shape index (κ2) is 7.00. The molecule has 1 heterocycles. The average molecular weight is 292 g/mol. The van der Waals surface area contributed by atoms with Crippen molar-refractivity contribution < 1.29 is 0 Å². The van der Waals surface area contributed by atoms with E-state index in [1.165, 1.54) is 31.5 Å². The van der Waals surface area contributed by atoms with Crippen molar-refractivity contribution in [3.05, 3.63) is 35.9 Å². The van der Waals surface area contributed by atoms with Gasteiger partial charge in [-0.15, -0.1) is 0 Å². The first-order chi connectivity index (χ1) is 9.50. The van der Waals surface area contributed by atoms with E-state index in [1.54, 1.807) is 0 Å². The predicted octanol–water partition coefficient (Wildman–Crippen LogP) is 4.46.